The van der Waals surface area contributed by atoms with Gasteiger partial charge < -0.3 is 20.4 Å². The van der Waals surface area contributed by atoms with Gasteiger partial charge in [-0.05, 0) is 20.3 Å². The van der Waals surface area contributed by atoms with E-state index in [1.807, 2.05) is 0 Å². The molecule has 13 heavy (non-hydrogen) atoms. The molecule has 0 aromatic rings. The van der Waals surface area contributed by atoms with Crippen LogP contribution in [0.4, 0.5) is 0 Å². The van der Waals surface area contributed by atoms with Gasteiger partial charge in [0.2, 0.25) is 0 Å². The van der Waals surface area contributed by atoms with Crippen LogP contribution in [0.5, 0.6) is 0 Å². The van der Waals surface area contributed by atoms with Crippen LogP contribution in [0.25, 0.3) is 0 Å². The van der Waals surface area contributed by atoms with Crippen molar-refractivity contribution in [1.82, 2.24) is 0 Å². The fraction of sp³-hybridized carbons (Fsp3) is 0.875. The van der Waals surface area contributed by atoms with Gasteiger partial charge >= 0.3 is 0 Å². The van der Waals surface area contributed by atoms with E-state index in [0.29, 0.717) is 0 Å². The Balaban J connectivity index is 4.68. The van der Waals surface area contributed by atoms with Crippen LogP contribution in [0.15, 0.2) is 0 Å². The zero-order valence-electron chi connectivity index (χ0n) is 7.77. The molecule has 3 atom stereocenters. The maximum absolute atomic E-state index is 11.0. The molecule has 0 bridgehead atoms. The number of aliphatic hydroxyl groups excluding tert-OH is 3. The minimum absolute atomic E-state index is 0.152. The van der Waals surface area contributed by atoms with Crippen molar-refractivity contribution in [2.75, 3.05) is 6.61 Å². The van der Waals surface area contributed by atoms with Gasteiger partial charge in [0.15, 0.2) is 11.4 Å². The van der Waals surface area contributed by atoms with Crippen molar-refractivity contribution in [3.05, 3.63) is 0 Å². The molecule has 0 saturated carbocycles. The Hall–Kier alpha value is -0.490. The molecule has 0 rings (SSSR count). The first-order valence-electron chi connectivity index (χ1n) is 4.07. The smallest absolute Gasteiger partial charge is 0.174 e. The SMILES string of the molecule is CC(=O)[C@](O)([C@H](O)CCO)[C@@H](C)O. The molecule has 0 amide bonds. The summed E-state index contributed by atoms with van der Waals surface area (Å²) >= 11 is 0. The third kappa shape index (κ3) is 2.47. The van der Waals surface area contributed by atoms with Crippen molar-refractivity contribution in [1.29, 1.82) is 0 Å². The second-order valence-electron chi connectivity index (χ2n) is 3.09. The number of aliphatic hydroxyl groups is 4. The van der Waals surface area contributed by atoms with E-state index in [4.69, 9.17) is 10.2 Å². The molecule has 0 aromatic heterocycles. The predicted molar refractivity (Wildman–Crippen MR) is 45.0 cm³/mol. The molecule has 5 nitrogen and oxygen atoms in total. The molecule has 0 aliphatic carbocycles. The van der Waals surface area contributed by atoms with Crippen molar-refractivity contribution in [3.8, 4) is 0 Å². The van der Waals surface area contributed by atoms with E-state index in [0.717, 1.165) is 6.92 Å². The molecule has 0 radical (unpaired) electrons. The Kier molecular flexibility index (Phi) is 4.49. The molecule has 0 fully saturated rings. The summed E-state index contributed by atoms with van der Waals surface area (Å²) in [6.07, 6.45) is -2.97. The second kappa shape index (κ2) is 4.66. The topological polar surface area (TPSA) is 98.0 Å². The number of hydrogen-bond donors (Lipinski definition) is 4. The van der Waals surface area contributed by atoms with Crippen molar-refractivity contribution in [2.45, 2.75) is 38.1 Å². The van der Waals surface area contributed by atoms with Crippen LogP contribution in [0.1, 0.15) is 20.3 Å². The molecule has 0 unspecified atom stereocenters. The van der Waals surface area contributed by atoms with Crippen molar-refractivity contribution in [2.24, 2.45) is 0 Å². The van der Waals surface area contributed by atoms with E-state index in [-0.39, 0.29) is 13.0 Å². The van der Waals surface area contributed by atoms with Gasteiger partial charge in [0.25, 0.3) is 0 Å². The summed E-state index contributed by atoms with van der Waals surface area (Å²) < 4.78 is 0. The molecule has 78 valence electrons. The zero-order valence-corrected chi connectivity index (χ0v) is 7.77. The molecule has 0 aliphatic heterocycles. The van der Waals surface area contributed by atoms with Crippen LogP contribution in [-0.4, -0.2) is 50.6 Å². The van der Waals surface area contributed by atoms with Gasteiger partial charge in [0.1, 0.15) is 0 Å². The van der Waals surface area contributed by atoms with Crippen LogP contribution >= 0.6 is 0 Å². The number of carbonyl (C=O) groups excluding carboxylic acids is 1. The molecule has 0 aliphatic rings. The van der Waals surface area contributed by atoms with E-state index >= 15 is 0 Å². The maximum atomic E-state index is 11.0. The molecule has 0 heterocycles. The van der Waals surface area contributed by atoms with Crippen LogP contribution in [0, 0.1) is 0 Å². The molecule has 0 saturated heterocycles. The summed E-state index contributed by atoms with van der Waals surface area (Å²) in [5.41, 5.74) is -2.18. The molecule has 0 aromatic carbocycles. The van der Waals surface area contributed by atoms with Gasteiger partial charge in [-0.15, -0.1) is 0 Å². The van der Waals surface area contributed by atoms with Crippen LogP contribution in [-0.2, 0) is 4.79 Å². The van der Waals surface area contributed by atoms with Crippen molar-refractivity contribution >= 4 is 5.78 Å². The average molecular weight is 192 g/mol. The Morgan fingerprint density at radius 1 is 1.46 bits per heavy atom. The lowest BCUT2D eigenvalue weighted by molar-refractivity contribution is -0.169. The van der Waals surface area contributed by atoms with Gasteiger partial charge in [0, 0.05) is 6.61 Å². The third-order valence-corrected chi connectivity index (χ3v) is 2.11. The monoisotopic (exact) mass is 192 g/mol. The lowest BCUT2D eigenvalue weighted by Gasteiger charge is -2.32. The Bertz CT molecular complexity index is 179. The van der Waals surface area contributed by atoms with Crippen LogP contribution in [0.3, 0.4) is 0 Å². The van der Waals surface area contributed by atoms with Crippen LogP contribution < -0.4 is 0 Å². The number of hydrogen-bond acceptors (Lipinski definition) is 5. The van der Waals surface area contributed by atoms with Crippen LogP contribution in [0.2, 0.25) is 0 Å². The van der Waals surface area contributed by atoms with E-state index in [1.54, 1.807) is 0 Å². The lowest BCUT2D eigenvalue weighted by Crippen LogP contribution is -2.56. The number of carbonyl (C=O) groups is 1. The highest BCUT2D eigenvalue weighted by atomic mass is 16.4. The van der Waals surface area contributed by atoms with Gasteiger partial charge in [-0.1, -0.05) is 0 Å². The summed E-state index contributed by atoms with van der Waals surface area (Å²) in [6.45, 7) is 1.93. The fourth-order valence-electron chi connectivity index (χ4n) is 1.15. The zero-order chi connectivity index (χ0) is 10.6. The summed E-state index contributed by atoms with van der Waals surface area (Å²) in [6, 6.07) is 0. The van der Waals surface area contributed by atoms with Gasteiger partial charge in [0.05, 0.1) is 12.2 Å². The van der Waals surface area contributed by atoms with E-state index in [1.165, 1.54) is 6.92 Å². The fourth-order valence-corrected chi connectivity index (χ4v) is 1.15. The molecule has 5 heteroatoms. The van der Waals surface area contributed by atoms with Gasteiger partial charge in [-0.2, -0.15) is 0 Å². The van der Waals surface area contributed by atoms with Gasteiger partial charge in [-0.25, -0.2) is 0 Å². The first-order valence-corrected chi connectivity index (χ1v) is 4.07. The molecular weight excluding hydrogens is 176 g/mol. The Morgan fingerprint density at radius 2 is 1.92 bits per heavy atom. The number of Topliss-reactive ketones (excluding diaryl/α,β-unsaturated/α-hetero) is 1. The van der Waals surface area contributed by atoms with Crippen molar-refractivity contribution < 1.29 is 25.2 Å². The minimum Gasteiger partial charge on any atom is -0.396 e. The summed E-state index contributed by atoms with van der Waals surface area (Å²) in [4.78, 5) is 11.0. The minimum atomic E-state index is -2.18. The lowest BCUT2D eigenvalue weighted by atomic mass is 9.86. The predicted octanol–water partition coefficient (Wildman–Crippen LogP) is -1.57. The normalized spacial score (nSPS) is 20.5. The highest BCUT2D eigenvalue weighted by Crippen LogP contribution is 2.19. The Labute approximate surface area is 76.6 Å². The first-order chi connectivity index (χ1) is 5.87. The first kappa shape index (κ1) is 12.5. The Morgan fingerprint density at radius 3 is 2.15 bits per heavy atom. The maximum Gasteiger partial charge on any atom is 0.174 e. The van der Waals surface area contributed by atoms with E-state index in [2.05, 4.69) is 0 Å². The van der Waals surface area contributed by atoms with E-state index in [9.17, 15) is 15.0 Å². The molecule has 0 spiro atoms. The number of ketones is 1. The highest BCUT2D eigenvalue weighted by molar-refractivity contribution is 5.86. The number of rotatable bonds is 5. The summed E-state index contributed by atoms with van der Waals surface area (Å²) in [7, 11) is 0. The molecule has 4 N–H and O–H groups in total. The standard InChI is InChI=1S/C8H16O5/c1-5(10)8(13,6(2)11)7(12)3-4-9/h5,7,9-10,12-13H,3-4H2,1-2H3/t5-,7-,8+/m1/s1. The quantitative estimate of drug-likeness (QED) is 0.422. The summed E-state index contributed by atoms with van der Waals surface area (Å²) in [5, 5.41) is 36.5. The second-order valence-corrected chi connectivity index (χ2v) is 3.09. The van der Waals surface area contributed by atoms with Gasteiger partial charge in [-0.3, -0.25) is 4.79 Å². The largest absolute Gasteiger partial charge is 0.396 e. The average Bonchev–Trinajstić information content (AvgIpc) is 2.02. The summed E-state index contributed by atoms with van der Waals surface area (Å²) in [5.74, 6) is -0.719. The third-order valence-electron chi connectivity index (χ3n) is 2.11. The van der Waals surface area contributed by atoms with Crippen molar-refractivity contribution in [3.63, 3.8) is 0 Å². The highest BCUT2D eigenvalue weighted by Gasteiger charge is 2.44. The van der Waals surface area contributed by atoms with E-state index < -0.39 is 23.6 Å². The molecular formula is C8H16O5.